The molecule has 0 saturated carbocycles. The molecule has 1 aromatic heterocycles. The summed E-state index contributed by atoms with van der Waals surface area (Å²) in [5, 5.41) is 4.37. The molecule has 0 unspecified atom stereocenters. The van der Waals surface area contributed by atoms with Gasteiger partial charge in [0.25, 0.3) is 0 Å². The molecule has 1 spiro atoms. The lowest BCUT2D eigenvalue weighted by atomic mass is 9.92. The summed E-state index contributed by atoms with van der Waals surface area (Å²) >= 11 is 1.76. The number of nitrogens with zero attached hydrogens (tertiary/aromatic N) is 3. The highest BCUT2D eigenvalue weighted by Gasteiger charge is 2.47. The standard InChI is InChI=1S/C19H23N3OS/c1-20-12-18(23)22(17-5-3-2-4-6-17)15-19(20)8-9-21(14-19)11-16-7-10-24-13-16/h2-7,10,13H,8-9,11-12,14-15H2,1H3/t19-/m0/s1. The monoisotopic (exact) mass is 341 g/mol. The molecule has 0 bridgehead atoms. The number of thiophene rings is 1. The first kappa shape index (κ1) is 15.8. The first-order chi connectivity index (χ1) is 11.7. The molecule has 2 aliphatic heterocycles. The van der Waals surface area contributed by atoms with Gasteiger partial charge in [-0.25, -0.2) is 0 Å². The molecule has 4 rings (SSSR count). The van der Waals surface area contributed by atoms with Gasteiger partial charge in [-0.05, 0) is 48.0 Å². The summed E-state index contributed by atoms with van der Waals surface area (Å²) in [6.07, 6.45) is 1.12. The quantitative estimate of drug-likeness (QED) is 0.859. The minimum absolute atomic E-state index is 0.0692. The average molecular weight is 341 g/mol. The number of para-hydroxylation sites is 1. The molecule has 2 aliphatic rings. The second-order valence-electron chi connectivity index (χ2n) is 6.99. The molecule has 0 radical (unpaired) electrons. The smallest absolute Gasteiger partial charge is 0.241 e. The maximum absolute atomic E-state index is 12.6. The summed E-state index contributed by atoms with van der Waals surface area (Å²) in [5.74, 6) is 0.200. The lowest BCUT2D eigenvalue weighted by molar-refractivity contribution is -0.123. The van der Waals surface area contributed by atoms with Gasteiger partial charge in [-0.2, -0.15) is 11.3 Å². The molecule has 1 amide bonds. The molecule has 0 aliphatic carbocycles. The zero-order chi connectivity index (χ0) is 16.6. The number of carbonyl (C=O) groups is 1. The predicted molar refractivity (Wildman–Crippen MR) is 98.4 cm³/mol. The summed E-state index contributed by atoms with van der Waals surface area (Å²) in [4.78, 5) is 19.3. The van der Waals surface area contributed by atoms with Gasteiger partial charge in [0, 0.05) is 31.9 Å². The van der Waals surface area contributed by atoms with Crippen LogP contribution in [0.25, 0.3) is 0 Å². The van der Waals surface area contributed by atoms with Crippen LogP contribution in [0.1, 0.15) is 12.0 Å². The fourth-order valence-electron chi connectivity index (χ4n) is 3.96. The van der Waals surface area contributed by atoms with E-state index in [1.54, 1.807) is 11.3 Å². The van der Waals surface area contributed by atoms with Crippen LogP contribution in [0, 0.1) is 0 Å². The molecule has 126 valence electrons. The highest BCUT2D eigenvalue weighted by molar-refractivity contribution is 7.07. The second-order valence-corrected chi connectivity index (χ2v) is 7.77. The second kappa shape index (κ2) is 6.31. The lowest BCUT2D eigenvalue weighted by Crippen LogP contribution is -2.64. The Labute approximate surface area is 147 Å². The summed E-state index contributed by atoms with van der Waals surface area (Å²) in [6, 6.07) is 12.3. The van der Waals surface area contributed by atoms with Gasteiger partial charge in [-0.3, -0.25) is 14.6 Å². The number of anilines is 1. The summed E-state index contributed by atoms with van der Waals surface area (Å²) in [5.41, 5.74) is 2.48. The SMILES string of the molecule is CN1CC(=O)N(c2ccccc2)C[C@@]12CCN(Cc1ccsc1)C2. The molecule has 2 aromatic rings. The number of benzene rings is 1. The van der Waals surface area contributed by atoms with E-state index >= 15 is 0 Å². The average Bonchev–Trinajstić information content (AvgIpc) is 3.23. The Morgan fingerprint density at radius 1 is 1.17 bits per heavy atom. The summed E-state index contributed by atoms with van der Waals surface area (Å²) in [7, 11) is 2.11. The predicted octanol–water partition coefficient (Wildman–Crippen LogP) is 2.67. The van der Waals surface area contributed by atoms with Crippen LogP contribution in [0.2, 0.25) is 0 Å². The van der Waals surface area contributed by atoms with E-state index in [2.05, 4.69) is 33.7 Å². The van der Waals surface area contributed by atoms with Gasteiger partial charge >= 0.3 is 0 Å². The Morgan fingerprint density at radius 2 is 2.00 bits per heavy atom. The number of carbonyl (C=O) groups excluding carboxylic acids is 1. The zero-order valence-electron chi connectivity index (χ0n) is 14.0. The first-order valence-electron chi connectivity index (χ1n) is 8.46. The van der Waals surface area contributed by atoms with E-state index in [9.17, 15) is 4.79 Å². The highest BCUT2D eigenvalue weighted by atomic mass is 32.1. The molecule has 0 N–H and O–H groups in total. The molecule has 2 fully saturated rings. The van der Waals surface area contributed by atoms with E-state index in [0.717, 1.165) is 38.3 Å². The van der Waals surface area contributed by atoms with Crippen molar-refractivity contribution >= 4 is 22.9 Å². The normalized spacial score (nSPS) is 25.7. The van der Waals surface area contributed by atoms with Crippen LogP contribution < -0.4 is 4.90 Å². The Hall–Kier alpha value is -1.69. The van der Waals surface area contributed by atoms with Crippen molar-refractivity contribution in [2.45, 2.75) is 18.5 Å². The van der Waals surface area contributed by atoms with Crippen LogP contribution in [-0.2, 0) is 11.3 Å². The van der Waals surface area contributed by atoms with E-state index in [1.807, 2.05) is 35.2 Å². The number of hydrogen-bond donors (Lipinski definition) is 0. The zero-order valence-corrected chi connectivity index (χ0v) is 14.8. The molecular formula is C19H23N3OS. The van der Waals surface area contributed by atoms with Crippen molar-refractivity contribution in [2.75, 3.05) is 38.1 Å². The van der Waals surface area contributed by atoms with Gasteiger partial charge in [0.05, 0.1) is 12.1 Å². The van der Waals surface area contributed by atoms with Crippen molar-refractivity contribution in [1.82, 2.24) is 9.80 Å². The van der Waals surface area contributed by atoms with E-state index < -0.39 is 0 Å². The molecule has 1 aromatic carbocycles. The van der Waals surface area contributed by atoms with Crippen molar-refractivity contribution in [3.8, 4) is 0 Å². The molecular weight excluding hydrogens is 318 g/mol. The Kier molecular flexibility index (Phi) is 4.16. The molecule has 24 heavy (non-hydrogen) atoms. The Balaban J connectivity index is 1.52. The number of hydrogen-bond acceptors (Lipinski definition) is 4. The number of likely N-dealkylation sites (tertiary alicyclic amines) is 1. The van der Waals surface area contributed by atoms with Crippen LogP contribution >= 0.6 is 11.3 Å². The first-order valence-corrected chi connectivity index (χ1v) is 9.41. The number of rotatable bonds is 3. The third-order valence-corrected chi connectivity index (χ3v) is 6.13. The molecule has 3 heterocycles. The minimum atomic E-state index is 0.0692. The topological polar surface area (TPSA) is 26.8 Å². The van der Waals surface area contributed by atoms with Crippen molar-refractivity contribution in [3.63, 3.8) is 0 Å². The van der Waals surface area contributed by atoms with Gasteiger partial charge < -0.3 is 4.90 Å². The van der Waals surface area contributed by atoms with Crippen molar-refractivity contribution in [2.24, 2.45) is 0 Å². The van der Waals surface area contributed by atoms with Crippen LogP contribution in [-0.4, -0.2) is 54.5 Å². The number of piperazine rings is 1. The van der Waals surface area contributed by atoms with E-state index in [1.165, 1.54) is 5.56 Å². The Morgan fingerprint density at radius 3 is 2.75 bits per heavy atom. The van der Waals surface area contributed by atoms with E-state index in [0.29, 0.717) is 6.54 Å². The van der Waals surface area contributed by atoms with Gasteiger partial charge in [0.2, 0.25) is 5.91 Å². The number of likely N-dealkylation sites (N-methyl/N-ethyl adjacent to an activating group) is 1. The summed E-state index contributed by atoms with van der Waals surface area (Å²) < 4.78 is 0. The number of amides is 1. The van der Waals surface area contributed by atoms with Crippen LogP contribution in [0.15, 0.2) is 47.2 Å². The Bertz CT molecular complexity index is 703. The third kappa shape index (κ3) is 2.88. The molecule has 4 nitrogen and oxygen atoms in total. The van der Waals surface area contributed by atoms with Crippen LogP contribution in [0.3, 0.4) is 0 Å². The van der Waals surface area contributed by atoms with Crippen LogP contribution in [0.4, 0.5) is 5.69 Å². The summed E-state index contributed by atoms with van der Waals surface area (Å²) in [6.45, 7) is 4.42. The lowest BCUT2D eigenvalue weighted by Gasteiger charge is -2.47. The maximum Gasteiger partial charge on any atom is 0.241 e. The van der Waals surface area contributed by atoms with Gasteiger partial charge in [0.1, 0.15) is 0 Å². The van der Waals surface area contributed by atoms with Gasteiger partial charge in [0.15, 0.2) is 0 Å². The minimum Gasteiger partial charge on any atom is -0.309 e. The highest BCUT2D eigenvalue weighted by Crippen LogP contribution is 2.34. The maximum atomic E-state index is 12.6. The fraction of sp³-hybridized carbons (Fsp3) is 0.421. The molecule has 2 saturated heterocycles. The fourth-order valence-corrected chi connectivity index (χ4v) is 4.62. The third-order valence-electron chi connectivity index (χ3n) is 5.40. The van der Waals surface area contributed by atoms with Gasteiger partial charge in [-0.15, -0.1) is 0 Å². The van der Waals surface area contributed by atoms with Gasteiger partial charge in [-0.1, -0.05) is 18.2 Å². The van der Waals surface area contributed by atoms with Crippen molar-refractivity contribution in [3.05, 3.63) is 52.7 Å². The largest absolute Gasteiger partial charge is 0.309 e. The van der Waals surface area contributed by atoms with E-state index in [4.69, 9.17) is 0 Å². The van der Waals surface area contributed by atoms with Crippen molar-refractivity contribution in [1.29, 1.82) is 0 Å². The van der Waals surface area contributed by atoms with Crippen LogP contribution in [0.5, 0.6) is 0 Å². The molecule has 1 atom stereocenters. The van der Waals surface area contributed by atoms with E-state index in [-0.39, 0.29) is 11.4 Å². The van der Waals surface area contributed by atoms with Crippen molar-refractivity contribution < 1.29 is 4.79 Å². The molecule has 5 heteroatoms.